The Labute approximate surface area is 555 Å². The Kier molecular flexibility index (Phi) is 18.2. The van der Waals surface area contributed by atoms with Crippen molar-refractivity contribution in [3.63, 3.8) is 0 Å². The third-order valence-electron chi connectivity index (χ3n) is 18.6. The first-order valence-electron chi connectivity index (χ1n) is 33.1. The smallest absolute Gasteiger partial charge is 0.134 e. The van der Waals surface area contributed by atoms with E-state index >= 15 is 0 Å². The van der Waals surface area contributed by atoms with E-state index in [0.29, 0.717) is 0 Å². The average molecular weight is 1250 g/mol. The van der Waals surface area contributed by atoms with Crippen LogP contribution in [0.15, 0.2) is 194 Å². The van der Waals surface area contributed by atoms with E-state index in [1.54, 1.807) is 0 Å². The van der Waals surface area contributed by atoms with E-state index in [-0.39, 0.29) is 0 Å². The Morgan fingerprint density at radius 2 is 0.495 bits per heavy atom. The topological polar surface area (TPSA) is 136 Å². The number of aryl methyl sites for hydroxylation is 17. The highest BCUT2D eigenvalue weighted by molar-refractivity contribution is 6.10. The Bertz CT molecular complexity index is 5230. The Morgan fingerprint density at radius 3 is 0.853 bits per heavy atom. The second kappa shape index (κ2) is 27.4. The molecule has 8 heterocycles. The summed E-state index contributed by atoms with van der Waals surface area (Å²) in [6, 6.07) is 68.9. The summed E-state index contributed by atoms with van der Waals surface area (Å²) in [5.41, 5.74) is 21.4. The van der Waals surface area contributed by atoms with Crippen LogP contribution in [-0.2, 0) is 51.9 Å². The van der Waals surface area contributed by atoms with Crippen molar-refractivity contribution in [1.82, 2.24) is 63.1 Å². The zero-order chi connectivity index (χ0) is 65.9. The molecule has 95 heavy (non-hydrogen) atoms. The van der Waals surface area contributed by atoms with Crippen LogP contribution in [0.4, 0.5) is 0 Å². The molecule has 0 aliphatic carbocycles. The minimum absolute atomic E-state index is 0.787. The molecule has 474 valence electrons. The van der Waals surface area contributed by atoms with E-state index < -0.39 is 0 Å². The number of rotatable bonds is 12. The molecule has 0 fully saturated rings. The minimum Gasteiger partial charge on any atom is -0.340 e. The van der Waals surface area contributed by atoms with Gasteiger partial charge in [0.15, 0.2) is 0 Å². The molecule has 16 rings (SSSR count). The molecule has 0 saturated heterocycles. The lowest BCUT2D eigenvalue weighted by Gasteiger charge is -2.12. The molecule has 0 unspecified atom stereocenters. The monoisotopic (exact) mass is 1250 g/mol. The van der Waals surface area contributed by atoms with Crippen molar-refractivity contribution in [1.29, 1.82) is 0 Å². The molecule has 8 aromatic carbocycles. The maximum atomic E-state index is 4.76. The van der Waals surface area contributed by atoms with Crippen molar-refractivity contribution in [3.05, 3.63) is 280 Å². The zero-order valence-corrected chi connectivity index (χ0v) is 56.4. The van der Waals surface area contributed by atoms with Gasteiger partial charge in [0.05, 0.1) is 22.8 Å². The normalized spacial score (nSPS) is 11.4. The van der Waals surface area contributed by atoms with Gasteiger partial charge in [-0.25, -0.2) is 34.9 Å². The molecule has 16 aromatic rings. The molecule has 0 aliphatic rings. The van der Waals surface area contributed by atoms with E-state index in [4.69, 9.17) is 4.98 Å². The highest BCUT2D eigenvalue weighted by Gasteiger charge is 2.17. The van der Waals surface area contributed by atoms with Gasteiger partial charge >= 0.3 is 0 Å². The Morgan fingerprint density at radius 1 is 0.221 bits per heavy atom. The number of nitrogens with zero attached hydrogens (tertiary/aromatic N) is 13. The van der Waals surface area contributed by atoms with E-state index in [1.165, 1.54) is 98.4 Å². The van der Waals surface area contributed by atoms with Gasteiger partial charge < -0.3 is 18.3 Å². The first kappa shape index (κ1) is 63.0. The Hall–Kier alpha value is -10.8. The van der Waals surface area contributed by atoms with Crippen LogP contribution in [0.25, 0.3) is 87.2 Å². The van der Waals surface area contributed by atoms with Gasteiger partial charge in [-0.15, -0.1) is 0 Å². The van der Waals surface area contributed by atoms with Crippen LogP contribution < -0.4 is 0 Å². The predicted molar refractivity (Wildman–Crippen MR) is 391 cm³/mol. The van der Waals surface area contributed by atoms with Gasteiger partial charge in [-0.3, -0.25) is 9.97 Å². The molecule has 13 nitrogen and oxygen atoms in total. The molecule has 8 aromatic heterocycles. The van der Waals surface area contributed by atoms with Gasteiger partial charge in [-0.05, 0) is 142 Å². The van der Waals surface area contributed by atoms with Crippen molar-refractivity contribution in [2.24, 2.45) is 0 Å². The van der Waals surface area contributed by atoms with Gasteiger partial charge in [0.25, 0.3) is 0 Å². The first-order valence-corrected chi connectivity index (χ1v) is 33.1. The van der Waals surface area contributed by atoms with Crippen LogP contribution in [0.3, 0.4) is 0 Å². The summed E-state index contributed by atoms with van der Waals surface area (Å²) in [7, 11) is 0. The summed E-state index contributed by atoms with van der Waals surface area (Å²) in [4.78, 5) is 40.8. The first-order chi connectivity index (χ1) is 46.2. The molecule has 0 saturated carbocycles. The molecule has 0 atom stereocenters. The van der Waals surface area contributed by atoms with Gasteiger partial charge in [-0.2, -0.15) is 0 Å². The van der Waals surface area contributed by atoms with Gasteiger partial charge in [0.1, 0.15) is 29.1 Å². The summed E-state index contributed by atoms with van der Waals surface area (Å²) in [5.74, 6) is 4.14. The predicted octanol–water partition coefficient (Wildman–Crippen LogP) is 18.1. The van der Waals surface area contributed by atoms with E-state index in [9.17, 15) is 0 Å². The van der Waals surface area contributed by atoms with Crippen LogP contribution in [0.5, 0.6) is 0 Å². The minimum atomic E-state index is 0.787. The average Bonchev–Trinajstić information content (AvgIpc) is 1.65. The molecule has 0 radical (unpaired) electrons. The number of hydrogen-bond acceptors (Lipinski definition) is 9. The number of para-hydroxylation sites is 8. The van der Waals surface area contributed by atoms with Crippen LogP contribution in [0, 0.1) is 76.2 Å². The van der Waals surface area contributed by atoms with Crippen molar-refractivity contribution in [2.45, 2.75) is 128 Å². The molecule has 0 aliphatic heterocycles. The summed E-state index contributed by atoms with van der Waals surface area (Å²) in [6.45, 7) is 25.8. The fourth-order valence-electron chi connectivity index (χ4n) is 14.0. The quantitative estimate of drug-likeness (QED) is 0.117. The molecule has 0 N–H and O–H groups in total. The highest BCUT2D eigenvalue weighted by Crippen LogP contribution is 2.33. The van der Waals surface area contributed by atoms with Crippen LogP contribution in [0.2, 0.25) is 0 Å². The summed E-state index contributed by atoms with van der Waals surface area (Å²) >= 11 is 0. The lowest BCUT2D eigenvalue weighted by Crippen LogP contribution is -2.07. The lowest BCUT2D eigenvalue weighted by atomic mass is 10.1. The largest absolute Gasteiger partial charge is 0.340 e. The molecule has 13 heteroatoms. The van der Waals surface area contributed by atoms with E-state index in [2.05, 4.69) is 287 Å². The summed E-state index contributed by atoms with van der Waals surface area (Å²) in [5, 5.41) is 10.5. The lowest BCUT2D eigenvalue weighted by molar-refractivity contribution is 0.694. The van der Waals surface area contributed by atoms with Crippen molar-refractivity contribution < 1.29 is 0 Å². The molecule has 0 bridgehead atoms. The molecular formula is C82H81N13. The number of hydrogen-bond donors (Lipinski definition) is 0. The van der Waals surface area contributed by atoms with Crippen LogP contribution >= 0.6 is 0 Å². The standard InChI is InChI=1S/3C21H21N3.C19H18N4/c1-14-17(15(2)23-16(3)22-14)12-13-24-20-10-6-4-8-18(20)19-9-5-7-11-21(19)24;1-14-15(2)23-19(16(3)22-14)12-13-24-20-10-6-4-8-17(20)18-9-5-7-11-21(18)24;1-14-15(2)22-16(3)23-19(14)12-13-24-20-10-6-4-8-17(20)18-9-5-7-11-21(18)24;1-13-20-14(2)22-19(21-13)11-12-23-17-9-5-3-7-15(17)16-8-4-6-10-18(16)23/h3*4-11H,12-13H2,1-3H3;3-10H,11-12H2,1-2H3. The molecule has 0 amide bonds. The maximum absolute atomic E-state index is 4.76. The zero-order valence-electron chi connectivity index (χ0n) is 56.4. The number of aromatic nitrogens is 13. The van der Waals surface area contributed by atoms with Crippen LogP contribution in [0.1, 0.15) is 85.8 Å². The number of fused-ring (bicyclic) bond motifs is 12. The third kappa shape index (κ3) is 13.0. The SMILES string of the molecule is Cc1nc(C)c(C)c(CCn2c3ccccc3c3ccccc32)n1.Cc1nc(C)c(CCn2c3ccccc3c3ccccc32)c(C)n1.Cc1nc(C)c(CCn2c3ccccc3c3ccccc32)nc1C.Cc1nc(C)nc(CCn2c3ccccc3c3ccccc32)n1. The highest BCUT2D eigenvalue weighted by atomic mass is 15.0. The molecule has 0 spiro atoms. The van der Waals surface area contributed by atoms with Gasteiger partial charge in [0, 0.05) is 155 Å². The second-order valence-electron chi connectivity index (χ2n) is 24.9. The fraction of sp³-hybridized carbons (Fsp3) is 0.232. The van der Waals surface area contributed by atoms with Crippen molar-refractivity contribution >= 4 is 87.2 Å². The molecular weight excluding hydrogens is 1170 g/mol. The van der Waals surface area contributed by atoms with Gasteiger partial charge in [0.2, 0.25) is 0 Å². The maximum Gasteiger partial charge on any atom is 0.134 e. The van der Waals surface area contributed by atoms with E-state index in [1.807, 2.05) is 41.5 Å². The second-order valence-corrected chi connectivity index (χ2v) is 24.9. The third-order valence-corrected chi connectivity index (χ3v) is 18.6. The fourth-order valence-corrected chi connectivity index (χ4v) is 14.0. The number of benzene rings is 8. The van der Waals surface area contributed by atoms with Crippen LogP contribution in [-0.4, -0.2) is 63.1 Å². The van der Waals surface area contributed by atoms with E-state index in [0.717, 1.165) is 127 Å². The van der Waals surface area contributed by atoms with Gasteiger partial charge in [-0.1, -0.05) is 146 Å². The Balaban J connectivity index is 0.000000115. The summed E-state index contributed by atoms with van der Waals surface area (Å²) < 4.78 is 9.60. The van der Waals surface area contributed by atoms with Crippen molar-refractivity contribution in [2.75, 3.05) is 0 Å². The van der Waals surface area contributed by atoms with Crippen molar-refractivity contribution in [3.8, 4) is 0 Å². The summed E-state index contributed by atoms with van der Waals surface area (Å²) in [6.07, 6.45) is 3.55.